The number of furan rings is 2. The Morgan fingerprint density at radius 3 is 1.77 bits per heavy atom. The Hall–Kier alpha value is -7.16. The van der Waals surface area contributed by atoms with Crippen molar-refractivity contribution in [2.45, 2.75) is 44.4 Å². The van der Waals surface area contributed by atoms with Gasteiger partial charge in [0.25, 0.3) is 0 Å². The van der Waals surface area contributed by atoms with E-state index in [0.29, 0.717) is 0 Å². The molecular formula is C59H42O2. The van der Waals surface area contributed by atoms with Crippen molar-refractivity contribution in [1.29, 1.82) is 0 Å². The second-order valence-corrected chi connectivity index (χ2v) is 18.4. The summed E-state index contributed by atoms with van der Waals surface area (Å²) < 4.78 is 13.8. The highest BCUT2D eigenvalue weighted by Gasteiger charge is 2.38. The average molecular weight is 783 g/mol. The van der Waals surface area contributed by atoms with Crippen LogP contribution in [0.4, 0.5) is 0 Å². The SMILES string of the molecule is CC1(C)c2ccccc2-c2ccc(-c3cc(C(c4ccc5c(c4)C(C)(C)c4ccccc4-5)c4ccc5c(c4)oc4ccccc45)c4oc5ccc6ccccc6c5c4c3)cc21. The van der Waals surface area contributed by atoms with Crippen LogP contribution in [0.5, 0.6) is 0 Å². The highest BCUT2D eigenvalue weighted by molar-refractivity contribution is 6.20. The first kappa shape index (κ1) is 34.7. The Kier molecular flexibility index (Phi) is 6.94. The summed E-state index contributed by atoms with van der Waals surface area (Å²) in [4.78, 5) is 0. The monoisotopic (exact) mass is 782 g/mol. The van der Waals surface area contributed by atoms with Crippen molar-refractivity contribution in [2.75, 3.05) is 0 Å². The zero-order valence-corrected chi connectivity index (χ0v) is 34.6. The van der Waals surface area contributed by atoms with E-state index in [9.17, 15) is 0 Å². The van der Waals surface area contributed by atoms with Crippen LogP contribution in [0.25, 0.3) is 88.0 Å². The van der Waals surface area contributed by atoms with Crippen LogP contribution >= 0.6 is 0 Å². The predicted molar refractivity (Wildman–Crippen MR) is 253 cm³/mol. The maximum Gasteiger partial charge on any atom is 0.139 e. The van der Waals surface area contributed by atoms with Crippen LogP contribution in [0.2, 0.25) is 0 Å². The Bertz CT molecular complexity index is 3660. The molecule has 0 fully saturated rings. The zero-order valence-electron chi connectivity index (χ0n) is 34.6. The molecule has 0 saturated heterocycles. The van der Waals surface area contributed by atoms with Crippen LogP contribution in [0, 0.1) is 0 Å². The number of rotatable bonds is 4. The van der Waals surface area contributed by atoms with Gasteiger partial charge in [0.05, 0.1) is 0 Å². The lowest BCUT2D eigenvalue weighted by Crippen LogP contribution is -2.16. The zero-order chi connectivity index (χ0) is 40.8. The molecule has 13 rings (SSSR count). The van der Waals surface area contributed by atoms with Crippen LogP contribution in [-0.4, -0.2) is 0 Å². The molecule has 290 valence electrons. The predicted octanol–water partition coefficient (Wildman–Crippen LogP) is 16.1. The first-order chi connectivity index (χ1) is 29.7. The molecule has 0 N–H and O–H groups in total. The van der Waals surface area contributed by atoms with Gasteiger partial charge in [-0.05, 0) is 114 Å². The van der Waals surface area contributed by atoms with Crippen LogP contribution in [0.1, 0.15) is 72.6 Å². The molecule has 11 aromatic rings. The summed E-state index contributed by atoms with van der Waals surface area (Å²) in [6.07, 6.45) is 0. The van der Waals surface area contributed by atoms with Gasteiger partial charge in [0.15, 0.2) is 0 Å². The Morgan fingerprint density at radius 1 is 0.377 bits per heavy atom. The van der Waals surface area contributed by atoms with E-state index >= 15 is 0 Å². The van der Waals surface area contributed by atoms with Crippen molar-refractivity contribution >= 4 is 54.6 Å². The van der Waals surface area contributed by atoms with E-state index in [1.54, 1.807) is 0 Å². The Morgan fingerprint density at radius 2 is 0.984 bits per heavy atom. The smallest absolute Gasteiger partial charge is 0.139 e. The van der Waals surface area contributed by atoms with E-state index in [1.165, 1.54) is 72.0 Å². The number of hydrogen-bond donors (Lipinski definition) is 0. The largest absolute Gasteiger partial charge is 0.456 e. The van der Waals surface area contributed by atoms with Gasteiger partial charge in [0, 0.05) is 43.9 Å². The molecule has 61 heavy (non-hydrogen) atoms. The first-order valence-corrected chi connectivity index (χ1v) is 21.5. The molecule has 0 radical (unpaired) electrons. The molecule has 2 aliphatic rings. The van der Waals surface area contributed by atoms with E-state index < -0.39 is 0 Å². The van der Waals surface area contributed by atoms with Crippen molar-refractivity contribution in [1.82, 2.24) is 0 Å². The first-order valence-electron chi connectivity index (χ1n) is 21.5. The van der Waals surface area contributed by atoms with Crippen molar-refractivity contribution in [3.05, 3.63) is 215 Å². The van der Waals surface area contributed by atoms with Crippen LogP contribution in [0.3, 0.4) is 0 Å². The summed E-state index contributed by atoms with van der Waals surface area (Å²) in [7, 11) is 0. The third-order valence-corrected chi connectivity index (χ3v) is 14.4. The summed E-state index contributed by atoms with van der Waals surface area (Å²) in [6, 6.07) is 65.2. The quantitative estimate of drug-likeness (QED) is 0.166. The lowest BCUT2D eigenvalue weighted by molar-refractivity contribution is 0.655. The van der Waals surface area contributed by atoms with Gasteiger partial charge in [-0.25, -0.2) is 0 Å². The second kappa shape index (κ2) is 12.2. The lowest BCUT2D eigenvalue weighted by atomic mass is 9.78. The third-order valence-electron chi connectivity index (χ3n) is 14.4. The second-order valence-electron chi connectivity index (χ2n) is 18.4. The van der Waals surface area contributed by atoms with Crippen LogP contribution in [0.15, 0.2) is 185 Å². The summed E-state index contributed by atoms with van der Waals surface area (Å²) in [5.74, 6) is -0.174. The van der Waals surface area contributed by atoms with Crippen LogP contribution in [-0.2, 0) is 10.8 Å². The molecule has 1 unspecified atom stereocenters. The van der Waals surface area contributed by atoms with Gasteiger partial charge in [-0.2, -0.15) is 0 Å². The van der Waals surface area contributed by atoms with Gasteiger partial charge in [-0.3, -0.25) is 0 Å². The van der Waals surface area contributed by atoms with Crippen molar-refractivity contribution in [3.8, 4) is 33.4 Å². The molecule has 0 bridgehead atoms. The molecule has 2 aromatic heterocycles. The molecule has 0 aliphatic heterocycles. The van der Waals surface area contributed by atoms with E-state index in [0.717, 1.165) is 55.0 Å². The minimum absolute atomic E-state index is 0.118. The molecular weight excluding hydrogens is 741 g/mol. The van der Waals surface area contributed by atoms with E-state index in [-0.39, 0.29) is 16.7 Å². The van der Waals surface area contributed by atoms with E-state index in [1.807, 2.05) is 6.07 Å². The number of fused-ring (bicyclic) bond motifs is 14. The molecule has 9 aromatic carbocycles. The van der Waals surface area contributed by atoms with Gasteiger partial charge in [0.2, 0.25) is 0 Å². The molecule has 2 heteroatoms. The number of benzene rings is 9. The minimum atomic E-state index is -0.174. The summed E-state index contributed by atoms with van der Waals surface area (Å²) in [5.41, 5.74) is 20.0. The lowest BCUT2D eigenvalue weighted by Gasteiger charge is -2.25. The van der Waals surface area contributed by atoms with Crippen molar-refractivity contribution in [3.63, 3.8) is 0 Å². The van der Waals surface area contributed by atoms with E-state index in [4.69, 9.17) is 8.83 Å². The summed E-state index contributed by atoms with van der Waals surface area (Å²) in [5, 5.41) is 6.94. The standard InChI is InChI=1S/C59H42O2/c1-58(2)48-18-10-7-15-40(48)42-25-21-35(31-50(42)58)38-29-46(57-47(30-38)56-39-14-6-5-13-34(39)24-28-53(56)61-57)55(37-23-27-45-44-17-9-12-20-52(44)60-54(45)33-37)36-22-26-43-41-16-8-11-19-49(41)59(3,4)51(43)32-36/h5-33,55H,1-4H3. The normalized spacial score (nSPS) is 15.1. The highest BCUT2D eigenvalue weighted by atomic mass is 16.3. The minimum Gasteiger partial charge on any atom is -0.456 e. The van der Waals surface area contributed by atoms with Crippen molar-refractivity contribution in [2.24, 2.45) is 0 Å². The molecule has 2 heterocycles. The molecule has 1 atom stereocenters. The molecule has 2 nitrogen and oxygen atoms in total. The molecule has 0 spiro atoms. The summed E-state index contributed by atoms with van der Waals surface area (Å²) >= 11 is 0. The number of para-hydroxylation sites is 1. The fourth-order valence-electron chi connectivity index (χ4n) is 11.3. The fraction of sp³-hybridized carbons (Fsp3) is 0.119. The van der Waals surface area contributed by atoms with Gasteiger partial charge in [-0.15, -0.1) is 0 Å². The topological polar surface area (TPSA) is 26.3 Å². The Balaban J connectivity index is 1.11. The van der Waals surface area contributed by atoms with Crippen molar-refractivity contribution < 1.29 is 8.83 Å². The van der Waals surface area contributed by atoms with Gasteiger partial charge >= 0.3 is 0 Å². The van der Waals surface area contributed by atoms with Gasteiger partial charge < -0.3 is 8.83 Å². The van der Waals surface area contributed by atoms with E-state index in [2.05, 4.69) is 198 Å². The average Bonchev–Trinajstić information content (AvgIpc) is 3.99. The Labute approximate surface area is 354 Å². The van der Waals surface area contributed by atoms with Gasteiger partial charge in [-0.1, -0.05) is 167 Å². The number of hydrogen-bond acceptors (Lipinski definition) is 2. The molecule has 2 aliphatic carbocycles. The maximum atomic E-state index is 7.15. The highest BCUT2D eigenvalue weighted by Crippen LogP contribution is 2.53. The molecule has 0 amide bonds. The third kappa shape index (κ3) is 4.79. The maximum absolute atomic E-state index is 7.15. The molecule has 0 saturated carbocycles. The summed E-state index contributed by atoms with van der Waals surface area (Å²) in [6.45, 7) is 9.47. The van der Waals surface area contributed by atoms with Gasteiger partial charge in [0.1, 0.15) is 22.3 Å². The van der Waals surface area contributed by atoms with Crippen LogP contribution < -0.4 is 0 Å². The fourth-order valence-corrected chi connectivity index (χ4v) is 11.3.